The van der Waals surface area contributed by atoms with Crippen LogP contribution < -0.4 is 5.32 Å². The molecule has 9 heteroatoms. The van der Waals surface area contributed by atoms with Gasteiger partial charge < -0.3 is 10.4 Å². The monoisotopic (exact) mass is 447 g/mol. The molecule has 5 atom stereocenters. The van der Waals surface area contributed by atoms with Gasteiger partial charge in [-0.15, -0.1) is 0 Å². The van der Waals surface area contributed by atoms with Gasteiger partial charge in [-0.25, -0.2) is 0 Å². The van der Waals surface area contributed by atoms with E-state index in [-0.39, 0.29) is 41.5 Å². The fourth-order valence-corrected chi connectivity index (χ4v) is 5.34. The first-order chi connectivity index (χ1) is 15.8. The highest BCUT2D eigenvalue weighted by molar-refractivity contribution is 6.07. The Morgan fingerprint density at radius 1 is 1.03 bits per heavy atom. The topological polar surface area (TPSA) is 130 Å². The third kappa shape index (κ3) is 3.55. The second-order valence-corrected chi connectivity index (χ2v) is 8.71. The minimum atomic E-state index is -0.882. The number of nitro benzene ring substituents is 1. The number of rotatable bonds is 6. The third-order valence-corrected chi connectivity index (χ3v) is 6.83. The van der Waals surface area contributed by atoms with Gasteiger partial charge in [-0.05, 0) is 48.1 Å². The molecule has 3 aliphatic rings. The van der Waals surface area contributed by atoms with Crippen LogP contribution in [-0.2, 0) is 14.4 Å². The second-order valence-electron chi connectivity index (χ2n) is 8.71. The van der Waals surface area contributed by atoms with Crippen molar-refractivity contribution in [3.8, 4) is 5.75 Å². The molecular weight excluding hydrogens is 426 g/mol. The summed E-state index contributed by atoms with van der Waals surface area (Å²) in [6, 6.07) is 10.6. The summed E-state index contributed by atoms with van der Waals surface area (Å²) in [6.45, 7) is 0. The molecule has 9 nitrogen and oxygen atoms in total. The zero-order valence-corrected chi connectivity index (χ0v) is 17.5. The van der Waals surface area contributed by atoms with Crippen molar-refractivity contribution in [2.75, 3.05) is 5.32 Å². The minimum Gasteiger partial charge on any atom is -0.508 e. The van der Waals surface area contributed by atoms with Gasteiger partial charge in [-0.1, -0.05) is 24.3 Å². The van der Waals surface area contributed by atoms with Crippen LogP contribution in [0.4, 0.5) is 11.4 Å². The molecule has 1 saturated heterocycles. The lowest BCUT2D eigenvalue weighted by atomic mass is 9.85. The standard InChI is InChI=1S/C24H21N3O6/c28-18-9-5-16(6-10-18)25-20(29)12-19(13-3-7-17(8-4-13)27(32)33)26-23(30)21-14-1-2-15(11-14)22(21)24(26)31/h1-10,14-15,19,21-22,28H,11-12H2,(H,25,29). The molecule has 2 aromatic carbocycles. The van der Waals surface area contributed by atoms with Crippen LogP contribution in [0.1, 0.15) is 24.4 Å². The van der Waals surface area contributed by atoms with E-state index in [1.54, 1.807) is 0 Å². The molecular formula is C24H21N3O6. The van der Waals surface area contributed by atoms with Crippen molar-refractivity contribution in [3.05, 3.63) is 76.4 Å². The molecule has 168 valence electrons. The number of phenols is 1. The highest BCUT2D eigenvalue weighted by atomic mass is 16.6. The average Bonchev–Trinajstić information content (AvgIpc) is 3.48. The molecule has 2 N–H and O–H groups in total. The van der Waals surface area contributed by atoms with Gasteiger partial charge in [0.1, 0.15) is 5.75 Å². The lowest BCUT2D eigenvalue weighted by Gasteiger charge is -2.28. The summed E-state index contributed by atoms with van der Waals surface area (Å²) in [5, 5.41) is 23.2. The van der Waals surface area contributed by atoms with Gasteiger partial charge in [0.05, 0.1) is 29.2 Å². The molecule has 0 aromatic heterocycles. The molecule has 2 fully saturated rings. The first-order valence-electron chi connectivity index (χ1n) is 10.7. The van der Waals surface area contributed by atoms with E-state index < -0.39 is 28.7 Å². The Hall–Kier alpha value is -4.01. The van der Waals surface area contributed by atoms with E-state index >= 15 is 0 Å². The Labute approximate surface area is 188 Å². The number of anilines is 1. The van der Waals surface area contributed by atoms with Crippen LogP contribution in [0.15, 0.2) is 60.7 Å². The van der Waals surface area contributed by atoms with E-state index in [1.165, 1.54) is 53.4 Å². The number of carbonyl (C=O) groups excluding carboxylic acids is 3. The SMILES string of the molecule is O=C(CC(c1ccc([N+](=O)[O-])cc1)N1C(=O)C2C3C=CC(C3)C2C1=O)Nc1ccc(O)cc1. The smallest absolute Gasteiger partial charge is 0.269 e. The number of hydrogen-bond acceptors (Lipinski definition) is 6. The summed E-state index contributed by atoms with van der Waals surface area (Å²) in [5.74, 6) is -1.70. The zero-order valence-electron chi connectivity index (χ0n) is 17.5. The summed E-state index contributed by atoms with van der Waals surface area (Å²) < 4.78 is 0. The predicted molar refractivity (Wildman–Crippen MR) is 117 cm³/mol. The number of aromatic hydroxyl groups is 1. The maximum atomic E-state index is 13.4. The Bertz CT molecular complexity index is 1140. The number of hydrogen-bond donors (Lipinski definition) is 2. The molecule has 0 spiro atoms. The Morgan fingerprint density at radius 3 is 2.15 bits per heavy atom. The summed E-state index contributed by atoms with van der Waals surface area (Å²) >= 11 is 0. The molecule has 2 aromatic rings. The van der Waals surface area contributed by atoms with Crippen LogP contribution in [0, 0.1) is 33.8 Å². The summed E-state index contributed by atoms with van der Waals surface area (Å²) in [5.41, 5.74) is 0.811. The van der Waals surface area contributed by atoms with E-state index in [1.807, 2.05) is 12.2 Å². The number of likely N-dealkylation sites (tertiary alicyclic amines) is 1. The van der Waals surface area contributed by atoms with Gasteiger partial charge in [0.15, 0.2) is 0 Å². The molecule has 2 bridgehead atoms. The number of non-ortho nitro benzene ring substituents is 1. The molecule has 1 aliphatic heterocycles. The van der Waals surface area contributed by atoms with Gasteiger partial charge in [0.2, 0.25) is 17.7 Å². The second kappa shape index (κ2) is 7.84. The van der Waals surface area contributed by atoms with Crippen LogP contribution in [0.3, 0.4) is 0 Å². The Morgan fingerprint density at radius 2 is 1.61 bits per heavy atom. The number of phenolic OH excluding ortho intramolecular Hbond substituents is 1. The number of amides is 3. The molecule has 2 aliphatic carbocycles. The highest BCUT2D eigenvalue weighted by Crippen LogP contribution is 2.54. The van der Waals surface area contributed by atoms with E-state index in [9.17, 15) is 29.6 Å². The van der Waals surface area contributed by atoms with Crippen LogP contribution in [0.2, 0.25) is 0 Å². The quantitative estimate of drug-likeness (QED) is 0.230. The van der Waals surface area contributed by atoms with Gasteiger partial charge in [-0.2, -0.15) is 0 Å². The number of carbonyl (C=O) groups is 3. The molecule has 3 amide bonds. The van der Waals surface area contributed by atoms with E-state index in [0.717, 1.165) is 6.42 Å². The highest BCUT2D eigenvalue weighted by Gasteiger charge is 2.60. The molecule has 33 heavy (non-hydrogen) atoms. The van der Waals surface area contributed by atoms with E-state index in [0.29, 0.717) is 11.3 Å². The van der Waals surface area contributed by atoms with Gasteiger partial charge in [0.25, 0.3) is 5.69 Å². The molecule has 1 heterocycles. The van der Waals surface area contributed by atoms with Crippen LogP contribution in [0.25, 0.3) is 0 Å². The van der Waals surface area contributed by atoms with Crippen LogP contribution >= 0.6 is 0 Å². The van der Waals surface area contributed by atoms with Crippen molar-refractivity contribution in [3.63, 3.8) is 0 Å². The predicted octanol–water partition coefficient (Wildman–Crippen LogP) is 3.18. The molecule has 1 saturated carbocycles. The number of nitrogens with zero attached hydrogens (tertiary/aromatic N) is 2. The van der Waals surface area contributed by atoms with Gasteiger partial charge in [0, 0.05) is 17.8 Å². The van der Waals surface area contributed by atoms with Crippen molar-refractivity contribution < 1.29 is 24.4 Å². The fourth-order valence-electron chi connectivity index (χ4n) is 5.34. The lowest BCUT2D eigenvalue weighted by Crippen LogP contribution is -2.38. The largest absolute Gasteiger partial charge is 0.508 e. The minimum absolute atomic E-state index is 0.0322. The number of benzene rings is 2. The first-order valence-corrected chi connectivity index (χ1v) is 10.7. The van der Waals surface area contributed by atoms with Crippen molar-refractivity contribution in [2.45, 2.75) is 18.9 Å². The molecule has 5 unspecified atom stereocenters. The molecule has 0 radical (unpaired) electrons. The van der Waals surface area contributed by atoms with Crippen LogP contribution in [0.5, 0.6) is 5.75 Å². The Kier molecular flexibility index (Phi) is 4.96. The maximum Gasteiger partial charge on any atom is 0.269 e. The Balaban J connectivity index is 1.44. The van der Waals surface area contributed by atoms with Gasteiger partial charge in [-0.3, -0.25) is 29.4 Å². The summed E-state index contributed by atoms with van der Waals surface area (Å²) in [7, 11) is 0. The zero-order chi connectivity index (χ0) is 23.3. The fraction of sp³-hybridized carbons (Fsp3) is 0.292. The number of imide groups is 1. The average molecular weight is 447 g/mol. The lowest BCUT2D eigenvalue weighted by molar-refractivity contribution is -0.384. The summed E-state index contributed by atoms with van der Waals surface area (Å²) in [6.07, 6.45) is 4.60. The molecule has 5 rings (SSSR count). The van der Waals surface area contributed by atoms with Gasteiger partial charge >= 0.3 is 0 Å². The number of fused-ring (bicyclic) bond motifs is 5. The van der Waals surface area contributed by atoms with Crippen molar-refractivity contribution in [2.24, 2.45) is 23.7 Å². The number of nitro groups is 1. The summed E-state index contributed by atoms with van der Waals surface area (Å²) in [4.78, 5) is 51.3. The maximum absolute atomic E-state index is 13.4. The third-order valence-electron chi connectivity index (χ3n) is 6.83. The van der Waals surface area contributed by atoms with E-state index in [4.69, 9.17) is 0 Å². The van der Waals surface area contributed by atoms with E-state index in [2.05, 4.69) is 5.32 Å². The first kappa shape index (κ1) is 20.9. The number of allylic oxidation sites excluding steroid dienone is 2. The van der Waals surface area contributed by atoms with Crippen LogP contribution in [-0.4, -0.2) is 32.7 Å². The van der Waals surface area contributed by atoms with Crippen molar-refractivity contribution in [1.82, 2.24) is 4.90 Å². The van der Waals surface area contributed by atoms with Crippen molar-refractivity contribution >= 4 is 29.1 Å². The number of nitrogens with one attached hydrogen (secondary N) is 1. The normalized spacial score (nSPS) is 25.9. The van der Waals surface area contributed by atoms with Crippen molar-refractivity contribution in [1.29, 1.82) is 0 Å².